The maximum absolute atomic E-state index is 10.7. The lowest BCUT2D eigenvalue weighted by Crippen LogP contribution is -2.53. The van der Waals surface area contributed by atoms with Gasteiger partial charge in [0, 0.05) is 19.0 Å². The molecule has 0 radical (unpaired) electrons. The van der Waals surface area contributed by atoms with Gasteiger partial charge in [0.25, 0.3) is 0 Å². The molecule has 3 N–H and O–H groups in total. The van der Waals surface area contributed by atoms with Gasteiger partial charge in [-0.2, -0.15) is 0 Å². The minimum absolute atomic E-state index is 0.291. The predicted molar refractivity (Wildman–Crippen MR) is 82.4 cm³/mol. The summed E-state index contributed by atoms with van der Waals surface area (Å²) in [5.74, 6) is 1.27. The molecular weight excluding hydrogens is 297 g/mol. The molecule has 2 atom stereocenters. The second-order valence-electron chi connectivity index (χ2n) is 5.90. The number of piperidine rings is 1. The van der Waals surface area contributed by atoms with E-state index in [9.17, 15) is 5.11 Å². The number of aliphatic hydroxyl groups is 1. The number of rotatable bonds is 1. The fourth-order valence-corrected chi connectivity index (χ4v) is 3.93. The van der Waals surface area contributed by atoms with E-state index in [4.69, 9.17) is 28.9 Å². The molecule has 2 heterocycles. The minimum Gasteiger partial charge on any atom is -0.389 e. The van der Waals surface area contributed by atoms with E-state index in [0.717, 1.165) is 38.8 Å². The van der Waals surface area contributed by atoms with Crippen molar-refractivity contribution in [1.82, 2.24) is 4.98 Å². The molecule has 1 saturated heterocycles. The van der Waals surface area contributed by atoms with Gasteiger partial charge >= 0.3 is 0 Å². The van der Waals surface area contributed by atoms with Gasteiger partial charge in [-0.25, -0.2) is 4.98 Å². The highest BCUT2D eigenvalue weighted by atomic mass is 35.5. The molecule has 3 rings (SSSR count). The number of nitrogen functional groups attached to an aromatic ring is 1. The first kappa shape index (κ1) is 14.2. The third-order valence-corrected chi connectivity index (χ3v) is 5.25. The lowest BCUT2D eigenvalue weighted by Gasteiger charge is -2.47. The van der Waals surface area contributed by atoms with Crippen molar-refractivity contribution in [2.45, 2.75) is 37.7 Å². The Hall–Kier alpha value is -0.710. The highest BCUT2D eigenvalue weighted by molar-refractivity contribution is 6.37. The Morgan fingerprint density at radius 1 is 1.30 bits per heavy atom. The zero-order valence-corrected chi connectivity index (χ0v) is 12.8. The maximum Gasteiger partial charge on any atom is 0.149 e. The summed E-state index contributed by atoms with van der Waals surface area (Å²) in [5.41, 5.74) is 5.28. The fourth-order valence-electron chi connectivity index (χ4n) is 3.46. The van der Waals surface area contributed by atoms with E-state index in [2.05, 4.69) is 9.88 Å². The molecule has 4 nitrogen and oxygen atoms in total. The van der Waals surface area contributed by atoms with E-state index >= 15 is 0 Å². The van der Waals surface area contributed by atoms with Crippen molar-refractivity contribution < 1.29 is 5.11 Å². The van der Waals surface area contributed by atoms with Gasteiger partial charge in [0.05, 0.1) is 15.6 Å². The van der Waals surface area contributed by atoms with Gasteiger partial charge in [0.15, 0.2) is 0 Å². The quantitative estimate of drug-likeness (QED) is 0.836. The molecule has 1 saturated carbocycles. The van der Waals surface area contributed by atoms with Gasteiger partial charge in [-0.1, -0.05) is 36.0 Å². The largest absolute Gasteiger partial charge is 0.389 e. The van der Waals surface area contributed by atoms with Crippen LogP contribution >= 0.6 is 23.2 Å². The van der Waals surface area contributed by atoms with Crippen LogP contribution in [0.15, 0.2) is 6.07 Å². The Balaban J connectivity index is 1.84. The van der Waals surface area contributed by atoms with Crippen molar-refractivity contribution in [2.75, 3.05) is 23.7 Å². The number of pyridine rings is 1. The normalized spacial score (nSPS) is 30.1. The van der Waals surface area contributed by atoms with Crippen LogP contribution in [0.3, 0.4) is 0 Å². The summed E-state index contributed by atoms with van der Waals surface area (Å²) in [5, 5.41) is 11.6. The molecule has 0 bridgehead atoms. The molecular formula is C14H19Cl2N3O. The lowest BCUT2D eigenvalue weighted by molar-refractivity contribution is -0.0613. The maximum atomic E-state index is 10.7. The van der Waals surface area contributed by atoms with Crippen LogP contribution in [0.25, 0.3) is 0 Å². The van der Waals surface area contributed by atoms with E-state index in [1.165, 1.54) is 6.42 Å². The summed E-state index contributed by atoms with van der Waals surface area (Å²) in [6, 6.07) is 1.64. The van der Waals surface area contributed by atoms with E-state index in [1.54, 1.807) is 6.07 Å². The van der Waals surface area contributed by atoms with Gasteiger partial charge in [-0.3, -0.25) is 0 Å². The highest BCUT2D eigenvalue weighted by Crippen LogP contribution is 2.42. The van der Waals surface area contributed by atoms with E-state index < -0.39 is 5.60 Å². The SMILES string of the molecule is Nc1nc(N2CCC3(O)CCCCC3C2)c(Cl)cc1Cl. The molecule has 110 valence electrons. The van der Waals surface area contributed by atoms with Gasteiger partial charge in [-0.05, 0) is 25.3 Å². The average molecular weight is 316 g/mol. The Morgan fingerprint density at radius 3 is 2.90 bits per heavy atom. The van der Waals surface area contributed by atoms with Crippen molar-refractivity contribution in [3.05, 3.63) is 16.1 Å². The molecule has 0 spiro atoms. The second kappa shape index (κ2) is 5.24. The Morgan fingerprint density at radius 2 is 2.10 bits per heavy atom. The molecule has 2 unspecified atom stereocenters. The topological polar surface area (TPSA) is 62.4 Å². The average Bonchev–Trinajstić information content (AvgIpc) is 2.42. The predicted octanol–water partition coefficient (Wildman–Crippen LogP) is 3.10. The molecule has 20 heavy (non-hydrogen) atoms. The molecule has 1 aromatic rings. The number of nitrogens with zero attached hydrogens (tertiary/aromatic N) is 2. The zero-order valence-electron chi connectivity index (χ0n) is 11.3. The first-order valence-electron chi connectivity index (χ1n) is 7.08. The summed E-state index contributed by atoms with van der Waals surface area (Å²) < 4.78 is 0. The molecule has 1 aromatic heterocycles. The summed E-state index contributed by atoms with van der Waals surface area (Å²) in [6.45, 7) is 1.53. The summed E-state index contributed by atoms with van der Waals surface area (Å²) in [7, 11) is 0. The van der Waals surface area contributed by atoms with Gasteiger partial charge in [-0.15, -0.1) is 0 Å². The number of nitrogens with two attached hydrogens (primary N) is 1. The monoisotopic (exact) mass is 315 g/mol. The molecule has 1 aliphatic heterocycles. The standard InChI is InChI=1S/C14H19Cl2N3O/c15-10-7-11(16)13(18-12(10)17)19-6-5-14(20)4-2-1-3-9(14)8-19/h7,9,20H,1-6,8H2,(H2,17,18). The molecule has 0 aromatic carbocycles. The van der Waals surface area contributed by atoms with Crippen molar-refractivity contribution in [3.63, 3.8) is 0 Å². The minimum atomic E-state index is -0.501. The number of hydrogen-bond donors (Lipinski definition) is 2. The second-order valence-corrected chi connectivity index (χ2v) is 6.72. The number of aromatic nitrogens is 1. The molecule has 2 aliphatic rings. The summed E-state index contributed by atoms with van der Waals surface area (Å²) in [6.07, 6.45) is 5.05. The van der Waals surface area contributed by atoms with Crippen LogP contribution in [-0.4, -0.2) is 28.8 Å². The van der Waals surface area contributed by atoms with Gasteiger partial charge < -0.3 is 15.7 Å². The lowest BCUT2D eigenvalue weighted by atomic mass is 9.71. The summed E-state index contributed by atoms with van der Waals surface area (Å²) >= 11 is 12.2. The van der Waals surface area contributed by atoms with Crippen LogP contribution in [0.2, 0.25) is 10.0 Å². The number of anilines is 2. The highest BCUT2D eigenvalue weighted by Gasteiger charge is 2.43. The van der Waals surface area contributed by atoms with E-state index in [-0.39, 0.29) is 0 Å². The van der Waals surface area contributed by atoms with Crippen LogP contribution in [0, 0.1) is 5.92 Å². The smallest absolute Gasteiger partial charge is 0.149 e. The van der Waals surface area contributed by atoms with Gasteiger partial charge in [0.1, 0.15) is 11.6 Å². The Labute approximate surface area is 128 Å². The fraction of sp³-hybridized carbons (Fsp3) is 0.643. The Bertz CT molecular complexity index is 525. The van der Waals surface area contributed by atoms with Gasteiger partial charge in [0.2, 0.25) is 0 Å². The van der Waals surface area contributed by atoms with Crippen LogP contribution in [0.4, 0.5) is 11.6 Å². The number of halogens is 2. The van der Waals surface area contributed by atoms with Crippen LogP contribution in [-0.2, 0) is 0 Å². The third-order valence-electron chi connectivity index (χ3n) is 4.67. The van der Waals surface area contributed by atoms with E-state index in [1.807, 2.05) is 0 Å². The van der Waals surface area contributed by atoms with Crippen LogP contribution < -0.4 is 10.6 Å². The number of fused-ring (bicyclic) bond motifs is 1. The van der Waals surface area contributed by atoms with Crippen molar-refractivity contribution >= 4 is 34.8 Å². The summed E-state index contributed by atoms with van der Waals surface area (Å²) in [4.78, 5) is 6.44. The molecule has 6 heteroatoms. The zero-order chi connectivity index (χ0) is 14.3. The molecule has 2 fully saturated rings. The van der Waals surface area contributed by atoms with Crippen molar-refractivity contribution in [3.8, 4) is 0 Å². The van der Waals surface area contributed by atoms with Crippen LogP contribution in [0.5, 0.6) is 0 Å². The Kier molecular flexibility index (Phi) is 3.73. The molecule has 0 amide bonds. The third kappa shape index (κ3) is 2.45. The van der Waals surface area contributed by atoms with E-state index in [0.29, 0.717) is 27.6 Å². The number of hydrogen-bond acceptors (Lipinski definition) is 4. The molecule has 1 aliphatic carbocycles. The first-order chi connectivity index (χ1) is 9.49. The van der Waals surface area contributed by atoms with Crippen molar-refractivity contribution in [1.29, 1.82) is 0 Å². The van der Waals surface area contributed by atoms with Crippen LogP contribution in [0.1, 0.15) is 32.1 Å². The first-order valence-corrected chi connectivity index (χ1v) is 7.84. The van der Waals surface area contributed by atoms with Crippen molar-refractivity contribution in [2.24, 2.45) is 5.92 Å².